The van der Waals surface area contributed by atoms with Crippen LogP contribution < -0.4 is 10.6 Å². The van der Waals surface area contributed by atoms with Gasteiger partial charge in [0.25, 0.3) is 0 Å². The predicted octanol–water partition coefficient (Wildman–Crippen LogP) is 2.38. The largest absolute Gasteiger partial charge is 0.357 e. The number of likely N-dealkylation sites (tertiary alicyclic amines) is 1. The quantitative estimate of drug-likeness (QED) is 0.430. The maximum Gasteiger partial charge on any atom is 0.191 e. The molecule has 120 valence electrons. The van der Waals surface area contributed by atoms with Crippen LogP contribution in [-0.4, -0.2) is 49.6 Å². The molecule has 0 aromatic rings. The molecule has 1 aliphatic heterocycles. The van der Waals surface area contributed by atoms with Gasteiger partial charge in [0, 0.05) is 38.8 Å². The van der Waals surface area contributed by atoms with E-state index in [0.717, 1.165) is 44.6 Å². The molecule has 0 bridgehead atoms. The summed E-state index contributed by atoms with van der Waals surface area (Å²) in [6, 6.07) is 0.560. The van der Waals surface area contributed by atoms with Crippen LogP contribution in [0.5, 0.6) is 0 Å². The molecule has 2 fully saturated rings. The molecular weight excluding hydrogens is 260 g/mol. The van der Waals surface area contributed by atoms with Gasteiger partial charge in [0.15, 0.2) is 5.96 Å². The highest BCUT2D eigenvalue weighted by molar-refractivity contribution is 5.80. The van der Waals surface area contributed by atoms with Gasteiger partial charge in [-0.15, -0.1) is 0 Å². The van der Waals surface area contributed by atoms with Gasteiger partial charge in [-0.3, -0.25) is 9.89 Å². The van der Waals surface area contributed by atoms with Crippen LogP contribution in [0, 0.1) is 5.92 Å². The zero-order valence-corrected chi connectivity index (χ0v) is 13.8. The number of aliphatic imine (C=N–C) groups is 1. The molecule has 0 aromatic heterocycles. The summed E-state index contributed by atoms with van der Waals surface area (Å²) in [5.41, 5.74) is 1.26. The fourth-order valence-corrected chi connectivity index (χ4v) is 2.90. The summed E-state index contributed by atoms with van der Waals surface area (Å²) >= 11 is 0. The van der Waals surface area contributed by atoms with Crippen LogP contribution in [0.4, 0.5) is 0 Å². The summed E-state index contributed by atoms with van der Waals surface area (Å²) in [4.78, 5) is 7.22. The molecule has 0 unspecified atom stereocenters. The maximum atomic E-state index is 4.72. The Bertz CT molecular complexity index is 352. The molecule has 0 radical (unpaired) electrons. The van der Waals surface area contributed by atoms with Crippen LogP contribution in [0.3, 0.4) is 0 Å². The highest BCUT2D eigenvalue weighted by atomic mass is 15.2. The summed E-state index contributed by atoms with van der Waals surface area (Å²) in [5.74, 6) is 1.97. The van der Waals surface area contributed by atoms with E-state index in [1.165, 1.54) is 37.7 Å². The Labute approximate surface area is 130 Å². The SMILES string of the molecule is C=C(C)CN1CCC(NC(=NCCC2CC2)NCC)CC1. The second-order valence-electron chi connectivity index (χ2n) is 6.64. The van der Waals surface area contributed by atoms with Crippen LogP contribution >= 0.6 is 0 Å². The average molecular weight is 292 g/mol. The molecule has 0 aromatic carbocycles. The minimum atomic E-state index is 0.560. The highest BCUT2D eigenvalue weighted by Gasteiger charge is 2.21. The topological polar surface area (TPSA) is 39.7 Å². The average Bonchev–Trinajstić information content (AvgIpc) is 3.25. The maximum absolute atomic E-state index is 4.72. The number of guanidine groups is 1. The smallest absolute Gasteiger partial charge is 0.191 e. The van der Waals surface area contributed by atoms with E-state index in [2.05, 4.69) is 36.0 Å². The van der Waals surface area contributed by atoms with Crippen LogP contribution in [0.15, 0.2) is 17.1 Å². The minimum Gasteiger partial charge on any atom is -0.357 e. The van der Waals surface area contributed by atoms with Crippen molar-refractivity contribution in [2.24, 2.45) is 10.9 Å². The van der Waals surface area contributed by atoms with Crippen molar-refractivity contribution in [3.63, 3.8) is 0 Å². The Morgan fingerprint density at radius 2 is 1.95 bits per heavy atom. The van der Waals surface area contributed by atoms with Crippen molar-refractivity contribution in [2.45, 2.75) is 52.0 Å². The molecule has 4 nitrogen and oxygen atoms in total. The van der Waals surface area contributed by atoms with Gasteiger partial charge in [-0.05, 0) is 39.0 Å². The molecule has 2 rings (SSSR count). The molecule has 1 saturated heterocycles. The number of hydrogen-bond acceptors (Lipinski definition) is 2. The molecule has 0 spiro atoms. The number of rotatable bonds is 7. The van der Waals surface area contributed by atoms with E-state index in [1.54, 1.807) is 0 Å². The molecule has 4 heteroatoms. The Balaban J connectivity index is 1.71. The molecule has 1 heterocycles. The molecule has 2 aliphatic rings. The standard InChI is InChI=1S/C17H32N4/c1-4-18-17(19-10-7-15-5-6-15)20-16-8-11-21(12-9-16)13-14(2)3/h15-16H,2,4-13H2,1,3H3,(H2,18,19,20). The zero-order valence-electron chi connectivity index (χ0n) is 13.8. The molecule has 0 atom stereocenters. The Morgan fingerprint density at radius 3 is 2.52 bits per heavy atom. The molecule has 1 saturated carbocycles. The summed E-state index contributed by atoms with van der Waals surface area (Å²) in [5, 5.41) is 6.99. The monoisotopic (exact) mass is 292 g/mol. The summed E-state index contributed by atoms with van der Waals surface area (Å²) in [7, 11) is 0. The van der Waals surface area contributed by atoms with E-state index in [4.69, 9.17) is 4.99 Å². The summed E-state index contributed by atoms with van der Waals surface area (Å²) in [6.45, 7) is 13.5. The van der Waals surface area contributed by atoms with Gasteiger partial charge < -0.3 is 10.6 Å². The molecule has 21 heavy (non-hydrogen) atoms. The number of piperidine rings is 1. The highest BCUT2D eigenvalue weighted by Crippen LogP contribution is 2.32. The lowest BCUT2D eigenvalue weighted by Gasteiger charge is -2.33. The van der Waals surface area contributed by atoms with Crippen molar-refractivity contribution in [3.05, 3.63) is 12.2 Å². The van der Waals surface area contributed by atoms with Gasteiger partial charge in [-0.2, -0.15) is 0 Å². The fourth-order valence-electron chi connectivity index (χ4n) is 2.90. The van der Waals surface area contributed by atoms with E-state index < -0.39 is 0 Å². The lowest BCUT2D eigenvalue weighted by molar-refractivity contribution is 0.221. The first kappa shape index (κ1) is 16.3. The van der Waals surface area contributed by atoms with Gasteiger partial charge >= 0.3 is 0 Å². The zero-order chi connectivity index (χ0) is 15.1. The summed E-state index contributed by atoms with van der Waals surface area (Å²) < 4.78 is 0. The van der Waals surface area contributed by atoms with Crippen molar-refractivity contribution in [1.82, 2.24) is 15.5 Å². The molecule has 0 amide bonds. The van der Waals surface area contributed by atoms with Crippen molar-refractivity contribution < 1.29 is 0 Å². The fraction of sp³-hybridized carbons (Fsp3) is 0.824. The van der Waals surface area contributed by atoms with Crippen molar-refractivity contribution in [2.75, 3.05) is 32.7 Å². The van der Waals surface area contributed by atoms with Crippen LogP contribution in [0.25, 0.3) is 0 Å². The van der Waals surface area contributed by atoms with Gasteiger partial charge in [0.1, 0.15) is 0 Å². The molecular formula is C17H32N4. The van der Waals surface area contributed by atoms with Crippen LogP contribution in [-0.2, 0) is 0 Å². The Hall–Kier alpha value is -1.03. The first-order chi connectivity index (χ1) is 10.2. The third-order valence-corrected chi connectivity index (χ3v) is 4.27. The first-order valence-electron chi connectivity index (χ1n) is 8.59. The minimum absolute atomic E-state index is 0.560. The van der Waals surface area contributed by atoms with Gasteiger partial charge in [-0.25, -0.2) is 0 Å². The third-order valence-electron chi connectivity index (χ3n) is 4.27. The van der Waals surface area contributed by atoms with Gasteiger partial charge in [0.2, 0.25) is 0 Å². The summed E-state index contributed by atoms with van der Waals surface area (Å²) in [6.07, 6.45) is 6.48. The van der Waals surface area contributed by atoms with Crippen molar-refractivity contribution >= 4 is 5.96 Å². The van der Waals surface area contributed by atoms with E-state index in [0.29, 0.717) is 6.04 Å². The second kappa shape index (κ2) is 8.42. The predicted molar refractivity (Wildman–Crippen MR) is 90.7 cm³/mol. The van der Waals surface area contributed by atoms with Crippen LogP contribution in [0.1, 0.15) is 46.0 Å². The number of nitrogens with zero attached hydrogens (tertiary/aromatic N) is 2. The van der Waals surface area contributed by atoms with E-state index >= 15 is 0 Å². The lowest BCUT2D eigenvalue weighted by Crippen LogP contribution is -2.48. The van der Waals surface area contributed by atoms with Gasteiger partial charge in [-0.1, -0.05) is 25.0 Å². The second-order valence-corrected chi connectivity index (χ2v) is 6.64. The van der Waals surface area contributed by atoms with E-state index in [1.807, 2.05) is 0 Å². The van der Waals surface area contributed by atoms with Crippen molar-refractivity contribution in [1.29, 1.82) is 0 Å². The van der Waals surface area contributed by atoms with E-state index in [9.17, 15) is 0 Å². The van der Waals surface area contributed by atoms with Crippen LogP contribution in [0.2, 0.25) is 0 Å². The first-order valence-corrected chi connectivity index (χ1v) is 8.59. The number of nitrogens with one attached hydrogen (secondary N) is 2. The van der Waals surface area contributed by atoms with E-state index in [-0.39, 0.29) is 0 Å². The number of hydrogen-bond donors (Lipinski definition) is 2. The third kappa shape index (κ3) is 6.51. The molecule has 2 N–H and O–H groups in total. The lowest BCUT2D eigenvalue weighted by atomic mass is 10.0. The normalized spacial score (nSPS) is 21.3. The Kier molecular flexibility index (Phi) is 6.55. The van der Waals surface area contributed by atoms with Crippen molar-refractivity contribution in [3.8, 4) is 0 Å². The molecule has 1 aliphatic carbocycles. The Morgan fingerprint density at radius 1 is 1.24 bits per heavy atom. The van der Waals surface area contributed by atoms with Gasteiger partial charge in [0.05, 0.1) is 0 Å².